The van der Waals surface area contributed by atoms with Crippen LogP contribution >= 0.6 is 24.0 Å². The van der Waals surface area contributed by atoms with E-state index in [4.69, 9.17) is 18.0 Å². The van der Waals surface area contributed by atoms with Crippen LogP contribution in [0.1, 0.15) is 30.4 Å². The van der Waals surface area contributed by atoms with Crippen molar-refractivity contribution in [3.05, 3.63) is 29.3 Å². The number of benzene rings is 1. The molecule has 5 heteroatoms. The van der Waals surface area contributed by atoms with E-state index in [1.54, 1.807) is 0 Å². The molecule has 1 aliphatic rings. The first-order valence-electron chi connectivity index (χ1n) is 6.84. The van der Waals surface area contributed by atoms with Crippen LogP contribution in [0.3, 0.4) is 0 Å². The third-order valence-corrected chi connectivity index (χ3v) is 4.90. The van der Waals surface area contributed by atoms with Gasteiger partial charge in [0.15, 0.2) is 0 Å². The quantitative estimate of drug-likeness (QED) is 0.839. The van der Waals surface area contributed by atoms with E-state index in [9.17, 15) is 4.79 Å². The minimum atomic E-state index is 0.0880. The Hall–Kier alpha value is -1.07. The molecule has 0 aliphatic carbocycles. The predicted octanol–water partition coefficient (Wildman–Crippen LogP) is 3.10. The number of rotatable bonds is 4. The molecule has 0 saturated carbocycles. The zero-order valence-corrected chi connectivity index (χ0v) is 13.3. The van der Waals surface area contributed by atoms with Crippen molar-refractivity contribution < 1.29 is 4.79 Å². The number of thiocarbonyl (C=S) groups is 1. The van der Waals surface area contributed by atoms with Gasteiger partial charge in [0, 0.05) is 17.7 Å². The molecule has 1 aliphatic heterocycles. The third-order valence-electron chi connectivity index (χ3n) is 3.61. The number of carbonyl (C=O) groups is 1. The van der Waals surface area contributed by atoms with Crippen molar-refractivity contribution in [2.24, 2.45) is 11.7 Å². The molecule has 0 bridgehead atoms. The van der Waals surface area contributed by atoms with Crippen molar-refractivity contribution in [1.29, 1.82) is 0 Å². The van der Waals surface area contributed by atoms with Gasteiger partial charge in [-0.1, -0.05) is 24.4 Å². The maximum absolute atomic E-state index is 12.1. The number of nitrogens with two attached hydrogens (primary N) is 1. The summed E-state index contributed by atoms with van der Waals surface area (Å²) in [5, 5.41) is 2.99. The Balaban J connectivity index is 1.99. The van der Waals surface area contributed by atoms with E-state index in [1.165, 1.54) is 11.5 Å². The molecular formula is C15H20N2OS2. The molecule has 3 N–H and O–H groups in total. The van der Waals surface area contributed by atoms with Crippen LogP contribution in [0.15, 0.2) is 18.2 Å². The van der Waals surface area contributed by atoms with Crippen molar-refractivity contribution >= 4 is 40.6 Å². The van der Waals surface area contributed by atoms with E-state index in [0.29, 0.717) is 17.3 Å². The van der Waals surface area contributed by atoms with Gasteiger partial charge in [-0.2, -0.15) is 11.8 Å². The molecule has 0 radical (unpaired) electrons. The Kier molecular flexibility index (Phi) is 5.43. The Labute approximate surface area is 129 Å². The van der Waals surface area contributed by atoms with Crippen molar-refractivity contribution in [3.8, 4) is 0 Å². The number of hydrogen-bond acceptors (Lipinski definition) is 3. The van der Waals surface area contributed by atoms with Gasteiger partial charge in [-0.15, -0.1) is 0 Å². The third kappa shape index (κ3) is 4.21. The summed E-state index contributed by atoms with van der Waals surface area (Å²) in [6, 6.07) is 5.67. The second-order valence-corrected chi connectivity index (χ2v) is 6.87. The second-order valence-electron chi connectivity index (χ2n) is 5.20. The molecule has 1 amide bonds. The van der Waals surface area contributed by atoms with Crippen LogP contribution < -0.4 is 11.1 Å². The molecule has 0 atom stereocenters. The van der Waals surface area contributed by atoms with Crippen LogP contribution in [0, 0.1) is 12.8 Å². The molecule has 0 aromatic heterocycles. The first-order chi connectivity index (χ1) is 9.56. The van der Waals surface area contributed by atoms with Crippen LogP contribution in [0.4, 0.5) is 5.69 Å². The van der Waals surface area contributed by atoms with Gasteiger partial charge in [0.25, 0.3) is 0 Å². The van der Waals surface area contributed by atoms with Crippen LogP contribution in [-0.4, -0.2) is 22.4 Å². The lowest BCUT2D eigenvalue weighted by molar-refractivity contribution is -0.117. The highest BCUT2D eigenvalue weighted by atomic mass is 32.2. The lowest BCUT2D eigenvalue weighted by atomic mass is 9.98. The normalized spacial score (nSPS) is 15.8. The Morgan fingerprint density at radius 1 is 1.45 bits per heavy atom. The summed E-state index contributed by atoms with van der Waals surface area (Å²) < 4.78 is 0. The summed E-state index contributed by atoms with van der Waals surface area (Å²) in [7, 11) is 0. The molecule has 1 saturated heterocycles. The molecule has 1 fully saturated rings. The number of nitrogens with one attached hydrogen (secondary N) is 1. The summed E-state index contributed by atoms with van der Waals surface area (Å²) in [4.78, 5) is 12.5. The summed E-state index contributed by atoms with van der Waals surface area (Å²) in [5.41, 5.74) is 8.25. The highest BCUT2D eigenvalue weighted by Gasteiger charge is 2.17. The number of thioether (sulfide) groups is 1. The zero-order chi connectivity index (χ0) is 14.5. The summed E-state index contributed by atoms with van der Waals surface area (Å²) in [6.07, 6.45) is 2.89. The maximum Gasteiger partial charge on any atom is 0.224 e. The number of carbonyl (C=O) groups excluding carboxylic acids is 1. The van der Waals surface area contributed by atoms with Crippen LogP contribution in [-0.2, 0) is 4.79 Å². The highest BCUT2D eigenvalue weighted by molar-refractivity contribution is 7.99. The SMILES string of the molecule is Cc1ccc(C(N)=S)cc1NC(=O)CC1CCSCC1. The average molecular weight is 308 g/mol. The molecule has 3 nitrogen and oxygen atoms in total. The summed E-state index contributed by atoms with van der Waals surface area (Å²) in [5.74, 6) is 2.96. The van der Waals surface area contributed by atoms with Gasteiger partial charge in [-0.05, 0) is 48.8 Å². The fourth-order valence-corrected chi connectivity index (χ4v) is 3.65. The number of aryl methyl sites for hydroxylation is 1. The zero-order valence-electron chi connectivity index (χ0n) is 11.6. The lowest BCUT2D eigenvalue weighted by Crippen LogP contribution is -2.20. The predicted molar refractivity (Wildman–Crippen MR) is 90.4 cm³/mol. The lowest BCUT2D eigenvalue weighted by Gasteiger charge is -2.21. The van der Waals surface area contributed by atoms with E-state index in [-0.39, 0.29) is 5.91 Å². The van der Waals surface area contributed by atoms with Gasteiger partial charge in [0.1, 0.15) is 4.99 Å². The van der Waals surface area contributed by atoms with Crippen LogP contribution in [0.2, 0.25) is 0 Å². The first kappa shape index (κ1) is 15.3. The monoisotopic (exact) mass is 308 g/mol. The fraction of sp³-hybridized carbons (Fsp3) is 0.467. The van der Waals surface area contributed by atoms with Gasteiger partial charge >= 0.3 is 0 Å². The van der Waals surface area contributed by atoms with E-state index in [1.807, 2.05) is 36.9 Å². The Bertz CT molecular complexity index is 511. The van der Waals surface area contributed by atoms with Crippen LogP contribution in [0.25, 0.3) is 0 Å². The number of anilines is 1. The second kappa shape index (κ2) is 7.09. The van der Waals surface area contributed by atoms with E-state index < -0.39 is 0 Å². The highest BCUT2D eigenvalue weighted by Crippen LogP contribution is 2.26. The maximum atomic E-state index is 12.1. The molecule has 1 heterocycles. The van der Waals surface area contributed by atoms with Gasteiger partial charge in [0.2, 0.25) is 5.91 Å². The standard InChI is InChI=1S/C15H20N2OS2/c1-10-2-3-12(15(16)19)9-13(10)17-14(18)8-11-4-6-20-7-5-11/h2-3,9,11H,4-8H2,1H3,(H2,16,19)(H,17,18). The minimum Gasteiger partial charge on any atom is -0.389 e. The van der Waals surface area contributed by atoms with Gasteiger partial charge in [0.05, 0.1) is 0 Å². The smallest absolute Gasteiger partial charge is 0.224 e. The largest absolute Gasteiger partial charge is 0.389 e. The van der Waals surface area contributed by atoms with Crippen molar-refractivity contribution in [3.63, 3.8) is 0 Å². The fourth-order valence-electron chi connectivity index (χ4n) is 2.32. The Morgan fingerprint density at radius 2 is 2.15 bits per heavy atom. The number of amides is 1. The van der Waals surface area contributed by atoms with Crippen molar-refractivity contribution in [2.75, 3.05) is 16.8 Å². The Morgan fingerprint density at radius 3 is 2.80 bits per heavy atom. The molecular weight excluding hydrogens is 288 g/mol. The minimum absolute atomic E-state index is 0.0880. The van der Waals surface area contributed by atoms with Crippen LogP contribution in [0.5, 0.6) is 0 Å². The molecule has 1 aromatic carbocycles. The molecule has 1 aromatic rings. The molecule has 0 unspecified atom stereocenters. The van der Waals surface area contributed by atoms with Crippen molar-refractivity contribution in [2.45, 2.75) is 26.2 Å². The van der Waals surface area contributed by atoms with Gasteiger partial charge in [-0.3, -0.25) is 4.79 Å². The molecule has 0 spiro atoms. The van der Waals surface area contributed by atoms with E-state index in [0.717, 1.165) is 29.7 Å². The van der Waals surface area contributed by atoms with E-state index in [2.05, 4.69) is 5.32 Å². The van der Waals surface area contributed by atoms with Gasteiger partial charge < -0.3 is 11.1 Å². The van der Waals surface area contributed by atoms with Crippen molar-refractivity contribution in [1.82, 2.24) is 0 Å². The molecule has 20 heavy (non-hydrogen) atoms. The van der Waals surface area contributed by atoms with Gasteiger partial charge in [-0.25, -0.2) is 0 Å². The topological polar surface area (TPSA) is 55.1 Å². The van der Waals surface area contributed by atoms with E-state index >= 15 is 0 Å². The summed E-state index contributed by atoms with van der Waals surface area (Å²) in [6.45, 7) is 1.97. The summed E-state index contributed by atoms with van der Waals surface area (Å²) >= 11 is 6.95. The average Bonchev–Trinajstić information content (AvgIpc) is 2.42. The number of hydrogen-bond donors (Lipinski definition) is 2. The molecule has 2 rings (SSSR count). The molecule has 108 valence electrons. The first-order valence-corrected chi connectivity index (χ1v) is 8.40.